The summed E-state index contributed by atoms with van der Waals surface area (Å²) in [5.74, 6) is -0.526. The Morgan fingerprint density at radius 3 is 2.15 bits per heavy atom. The standard InChI is InChI=1S/C20H19FN2O3/c1-9(18(24)22-11-4-2-10(21)3-5-11)23-19(25)16-12-6-7-13(15-8-14(12)15)17(16)20(23)26/h2-7,9,12-17H,8H2,1H3,(H,22,24)/t9-,12-,13-,14-,15-,16-,17+/m1/s1. The van der Waals surface area contributed by atoms with Gasteiger partial charge in [0.15, 0.2) is 0 Å². The molecule has 4 aliphatic carbocycles. The monoisotopic (exact) mass is 354 g/mol. The van der Waals surface area contributed by atoms with Crippen molar-refractivity contribution in [1.82, 2.24) is 4.90 Å². The second kappa shape index (κ2) is 5.25. The van der Waals surface area contributed by atoms with Crippen molar-refractivity contribution in [3.63, 3.8) is 0 Å². The number of imide groups is 1. The summed E-state index contributed by atoms with van der Waals surface area (Å²) in [5.41, 5.74) is 0.433. The first-order valence-corrected chi connectivity index (χ1v) is 9.09. The predicted octanol–water partition coefficient (Wildman–Crippen LogP) is 2.21. The van der Waals surface area contributed by atoms with Crippen molar-refractivity contribution in [1.29, 1.82) is 0 Å². The fourth-order valence-electron chi connectivity index (χ4n) is 5.26. The molecule has 6 rings (SSSR count). The van der Waals surface area contributed by atoms with E-state index in [2.05, 4.69) is 17.5 Å². The number of carbonyl (C=O) groups is 3. The fourth-order valence-corrected chi connectivity index (χ4v) is 5.26. The van der Waals surface area contributed by atoms with E-state index in [-0.39, 0.29) is 35.5 Å². The zero-order chi connectivity index (χ0) is 18.2. The SMILES string of the molecule is C[C@H](C(=O)Nc1ccc(F)cc1)N1C(=O)[C@@H]2[C@@H]3C=C[C@H]([C@H]4C[C@H]34)[C@@H]2C1=O. The van der Waals surface area contributed by atoms with Gasteiger partial charge in [0.25, 0.3) is 0 Å². The lowest BCUT2D eigenvalue weighted by molar-refractivity contribution is -0.146. The zero-order valence-electron chi connectivity index (χ0n) is 14.3. The lowest BCUT2D eigenvalue weighted by Gasteiger charge is -2.37. The first kappa shape index (κ1) is 15.7. The third-order valence-electron chi connectivity index (χ3n) is 6.58. The summed E-state index contributed by atoms with van der Waals surface area (Å²) >= 11 is 0. The van der Waals surface area contributed by atoms with E-state index in [0.717, 1.165) is 11.3 Å². The number of rotatable bonds is 3. The molecule has 0 radical (unpaired) electrons. The van der Waals surface area contributed by atoms with Gasteiger partial charge in [-0.1, -0.05) is 12.2 Å². The van der Waals surface area contributed by atoms with E-state index < -0.39 is 17.8 Å². The minimum absolute atomic E-state index is 0.142. The average Bonchev–Trinajstić information content (AvgIpc) is 3.41. The van der Waals surface area contributed by atoms with Crippen LogP contribution in [0.15, 0.2) is 36.4 Å². The predicted molar refractivity (Wildman–Crippen MR) is 91.0 cm³/mol. The Morgan fingerprint density at radius 2 is 1.62 bits per heavy atom. The zero-order valence-corrected chi connectivity index (χ0v) is 14.3. The van der Waals surface area contributed by atoms with E-state index >= 15 is 0 Å². The number of nitrogens with one attached hydrogen (secondary N) is 1. The number of halogens is 1. The molecular weight excluding hydrogens is 335 g/mol. The molecule has 6 heteroatoms. The van der Waals surface area contributed by atoms with E-state index in [1.54, 1.807) is 6.92 Å². The van der Waals surface area contributed by atoms with Crippen LogP contribution in [0.2, 0.25) is 0 Å². The highest BCUT2D eigenvalue weighted by Gasteiger charge is 2.67. The quantitative estimate of drug-likeness (QED) is 0.668. The molecule has 26 heavy (non-hydrogen) atoms. The Labute approximate surface area is 150 Å². The number of amides is 3. The van der Waals surface area contributed by atoms with Gasteiger partial charge in [-0.2, -0.15) is 0 Å². The van der Waals surface area contributed by atoms with Gasteiger partial charge in [-0.25, -0.2) is 4.39 Å². The number of allylic oxidation sites excluding steroid dienone is 2. The lowest BCUT2D eigenvalue weighted by atomic mass is 9.63. The van der Waals surface area contributed by atoms with Crippen LogP contribution in [0.3, 0.4) is 0 Å². The van der Waals surface area contributed by atoms with Crippen molar-refractivity contribution in [3.05, 3.63) is 42.2 Å². The molecule has 2 saturated carbocycles. The van der Waals surface area contributed by atoms with E-state index in [0.29, 0.717) is 17.5 Å². The van der Waals surface area contributed by atoms with Gasteiger partial charge in [-0.3, -0.25) is 19.3 Å². The van der Waals surface area contributed by atoms with Crippen molar-refractivity contribution >= 4 is 23.4 Å². The van der Waals surface area contributed by atoms with Crippen LogP contribution in [0.5, 0.6) is 0 Å². The second-order valence-electron chi connectivity index (χ2n) is 7.87. The van der Waals surface area contributed by atoms with Crippen LogP contribution < -0.4 is 5.32 Å². The van der Waals surface area contributed by atoms with Gasteiger partial charge in [-0.05, 0) is 61.3 Å². The molecule has 3 fully saturated rings. The molecule has 1 aromatic rings. The van der Waals surface area contributed by atoms with E-state index in [9.17, 15) is 18.8 Å². The third-order valence-corrected chi connectivity index (χ3v) is 6.58. The molecule has 1 aliphatic heterocycles. The van der Waals surface area contributed by atoms with Gasteiger partial charge in [0.05, 0.1) is 11.8 Å². The Morgan fingerprint density at radius 1 is 1.08 bits per heavy atom. The Bertz CT molecular complexity index is 813. The maximum Gasteiger partial charge on any atom is 0.247 e. The van der Waals surface area contributed by atoms with Crippen LogP contribution in [-0.4, -0.2) is 28.7 Å². The summed E-state index contributed by atoms with van der Waals surface area (Å²) in [6.45, 7) is 1.57. The largest absolute Gasteiger partial charge is 0.324 e. The van der Waals surface area contributed by atoms with Crippen LogP contribution in [0.4, 0.5) is 10.1 Å². The van der Waals surface area contributed by atoms with Crippen LogP contribution >= 0.6 is 0 Å². The number of benzene rings is 1. The van der Waals surface area contributed by atoms with Gasteiger partial charge >= 0.3 is 0 Å². The minimum Gasteiger partial charge on any atom is -0.324 e. The van der Waals surface area contributed by atoms with E-state index in [1.807, 2.05) is 0 Å². The van der Waals surface area contributed by atoms with Crippen LogP contribution in [0.25, 0.3) is 0 Å². The Balaban J connectivity index is 1.37. The average molecular weight is 354 g/mol. The first-order valence-electron chi connectivity index (χ1n) is 9.09. The number of likely N-dealkylation sites (tertiary alicyclic amines) is 1. The minimum atomic E-state index is -0.888. The summed E-state index contributed by atoms with van der Waals surface area (Å²) in [4.78, 5) is 39.7. The molecule has 3 amide bonds. The molecule has 1 saturated heterocycles. The molecule has 1 aromatic carbocycles. The van der Waals surface area contributed by atoms with Gasteiger partial charge in [0.2, 0.25) is 17.7 Å². The van der Waals surface area contributed by atoms with Gasteiger partial charge in [0.1, 0.15) is 11.9 Å². The Hall–Kier alpha value is -2.50. The third kappa shape index (κ3) is 2.04. The van der Waals surface area contributed by atoms with Crippen LogP contribution in [0.1, 0.15) is 13.3 Å². The van der Waals surface area contributed by atoms with Crippen molar-refractivity contribution < 1.29 is 18.8 Å². The molecule has 0 spiro atoms. The summed E-state index contributed by atoms with van der Waals surface area (Å²) in [7, 11) is 0. The smallest absolute Gasteiger partial charge is 0.247 e. The molecule has 5 nitrogen and oxygen atoms in total. The summed E-state index contributed by atoms with van der Waals surface area (Å²) in [5, 5.41) is 2.66. The number of hydrogen-bond acceptors (Lipinski definition) is 3. The maximum absolute atomic E-state index is 13.0. The maximum atomic E-state index is 13.0. The number of hydrogen-bond donors (Lipinski definition) is 1. The molecule has 0 unspecified atom stereocenters. The molecule has 1 heterocycles. The van der Waals surface area contributed by atoms with E-state index in [1.165, 1.54) is 24.3 Å². The Kier molecular flexibility index (Phi) is 3.18. The number of anilines is 1. The van der Waals surface area contributed by atoms with Gasteiger partial charge in [0, 0.05) is 5.69 Å². The molecule has 7 atom stereocenters. The highest BCUT2D eigenvalue weighted by Crippen LogP contribution is 2.65. The van der Waals surface area contributed by atoms with Crippen molar-refractivity contribution in [2.24, 2.45) is 35.5 Å². The second-order valence-corrected chi connectivity index (χ2v) is 7.87. The van der Waals surface area contributed by atoms with Gasteiger partial charge in [-0.15, -0.1) is 0 Å². The number of carbonyl (C=O) groups excluding carboxylic acids is 3. The molecule has 0 aromatic heterocycles. The van der Waals surface area contributed by atoms with Crippen LogP contribution in [-0.2, 0) is 14.4 Å². The first-order chi connectivity index (χ1) is 12.5. The highest BCUT2D eigenvalue weighted by atomic mass is 19.1. The normalized spacial score (nSPS) is 37.4. The number of nitrogens with zero attached hydrogens (tertiary/aromatic N) is 1. The molecular formula is C20H19FN2O3. The molecule has 2 bridgehead atoms. The lowest BCUT2D eigenvalue weighted by Crippen LogP contribution is -2.46. The van der Waals surface area contributed by atoms with Gasteiger partial charge < -0.3 is 5.32 Å². The molecule has 1 N–H and O–H groups in total. The summed E-state index contributed by atoms with van der Waals surface area (Å²) in [6.07, 6.45) is 5.33. The topological polar surface area (TPSA) is 66.5 Å². The van der Waals surface area contributed by atoms with Crippen molar-refractivity contribution in [2.75, 3.05) is 5.32 Å². The fraction of sp³-hybridized carbons (Fsp3) is 0.450. The summed E-state index contributed by atoms with van der Waals surface area (Å²) in [6, 6.07) is 4.50. The van der Waals surface area contributed by atoms with E-state index in [4.69, 9.17) is 0 Å². The van der Waals surface area contributed by atoms with Crippen molar-refractivity contribution in [3.8, 4) is 0 Å². The highest BCUT2D eigenvalue weighted by molar-refractivity contribution is 6.10. The van der Waals surface area contributed by atoms with Crippen LogP contribution in [0, 0.1) is 41.3 Å². The molecule has 5 aliphatic rings. The van der Waals surface area contributed by atoms with Crippen molar-refractivity contribution in [2.45, 2.75) is 19.4 Å². The summed E-state index contributed by atoms with van der Waals surface area (Å²) < 4.78 is 13.0. The molecule has 134 valence electrons.